The lowest BCUT2D eigenvalue weighted by atomic mass is 10.0. The normalized spacial score (nSPS) is 16.3. The van der Waals surface area contributed by atoms with Crippen molar-refractivity contribution in [2.75, 3.05) is 26.2 Å². The van der Waals surface area contributed by atoms with Crippen molar-refractivity contribution < 1.29 is 14.3 Å². The highest BCUT2D eigenvalue weighted by Gasteiger charge is 2.25. The highest BCUT2D eigenvalue weighted by atomic mass is 19.1. The van der Waals surface area contributed by atoms with Gasteiger partial charge in [-0.25, -0.2) is 9.07 Å². The molecular formula is C19H25FN4O2. The van der Waals surface area contributed by atoms with E-state index in [1.165, 1.54) is 12.1 Å². The molecule has 1 aliphatic rings. The van der Waals surface area contributed by atoms with Gasteiger partial charge in [0.15, 0.2) is 0 Å². The number of likely N-dealkylation sites (N-methyl/N-ethyl adjacent to an activating group) is 1. The van der Waals surface area contributed by atoms with Crippen molar-refractivity contribution in [3.63, 3.8) is 0 Å². The number of benzene rings is 1. The van der Waals surface area contributed by atoms with Crippen LogP contribution in [0, 0.1) is 5.82 Å². The summed E-state index contributed by atoms with van der Waals surface area (Å²) >= 11 is 0. The van der Waals surface area contributed by atoms with Gasteiger partial charge in [0.05, 0.1) is 17.9 Å². The third kappa shape index (κ3) is 4.68. The number of carboxylic acid groups (broad SMARTS) is 1. The highest BCUT2D eigenvalue weighted by Crippen LogP contribution is 2.18. The van der Waals surface area contributed by atoms with Crippen LogP contribution in [0.3, 0.4) is 0 Å². The third-order valence-corrected chi connectivity index (χ3v) is 4.94. The number of piperidine rings is 1. The fraction of sp³-hybridized carbons (Fsp3) is 0.474. The molecule has 140 valence electrons. The largest absolute Gasteiger partial charge is 0.480 e. The molecule has 0 atom stereocenters. The molecule has 3 rings (SSSR count). The smallest absolute Gasteiger partial charge is 0.317 e. The predicted octanol–water partition coefficient (Wildman–Crippen LogP) is 2.38. The van der Waals surface area contributed by atoms with Crippen LogP contribution < -0.4 is 0 Å². The molecule has 1 aromatic carbocycles. The van der Waals surface area contributed by atoms with Gasteiger partial charge in [0.1, 0.15) is 5.82 Å². The Hall–Kier alpha value is -2.25. The van der Waals surface area contributed by atoms with Gasteiger partial charge in [-0.2, -0.15) is 5.10 Å². The van der Waals surface area contributed by atoms with E-state index >= 15 is 0 Å². The number of hydrogen-bond donors (Lipinski definition) is 1. The Bertz CT molecular complexity index is 723. The van der Waals surface area contributed by atoms with E-state index in [9.17, 15) is 9.18 Å². The van der Waals surface area contributed by atoms with Crippen molar-refractivity contribution in [2.24, 2.45) is 0 Å². The van der Waals surface area contributed by atoms with E-state index < -0.39 is 5.97 Å². The zero-order chi connectivity index (χ0) is 18.5. The molecule has 0 amide bonds. The summed E-state index contributed by atoms with van der Waals surface area (Å²) in [6.45, 7) is 5.53. The number of rotatable bonds is 7. The summed E-state index contributed by atoms with van der Waals surface area (Å²) < 4.78 is 14.8. The molecule has 0 spiro atoms. The lowest BCUT2D eigenvalue weighted by Gasteiger charge is -2.37. The zero-order valence-corrected chi connectivity index (χ0v) is 15.0. The number of aromatic nitrogens is 2. The van der Waals surface area contributed by atoms with Crippen LogP contribution in [0.5, 0.6) is 0 Å². The number of carboxylic acids is 1. The van der Waals surface area contributed by atoms with E-state index in [4.69, 9.17) is 5.11 Å². The van der Waals surface area contributed by atoms with E-state index in [-0.39, 0.29) is 12.4 Å². The summed E-state index contributed by atoms with van der Waals surface area (Å²) in [6.07, 6.45) is 3.83. The average Bonchev–Trinajstić information content (AvgIpc) is 3.09. The summed E-state index contributed by atoms with van der Waals surface area (Å²) in [5.41, 5.74) is 1.81. The molecule has 0 unspecified atom stereocenters. The lowest BCUT2D eigenvalue weighted by molar-refractivity contribution is -0.139. The fourth-order valence-corrected chi connectivity index (χ4v) is 3.53. The average molecular weight is 360 g/mol. The van der Waals surface area contributed by atoms with Crippen molar-refractivity contribution >= 4 is 5.97 Å². The Morgan fingerprint density at radius 1 is 1.27 bits per heavy atom. The molecule has 6 nitrogen and oxygen atoms in total. The number of hydrogen-bond acceptors (Lipinski definition) is 4. The van der Waals surface area contributed by atoms with Crippen molar-refractivity contribution in [3.8, 4) is 5.69 Å². The van der Waals surface area contributed by atoms with Crippen LogP contribution in [0.4, 0.5) is 4.39 Å². The molecule has 0 aliphatic carbocycles. The number of likely N-dealkylation sites (tertiary alicyclic amines) is 1. The molecule has 1 aliphatic heterocycles. The van der Waals surface area contributed by atoms with Crippen molar-refractivity contribution in [2.45, 2.75) is 32.4 Å². The number of carbonyl (C=O) groups is 1. The lowest BCUT2D eigenvalue weighted by Crippen LogP contribution is -2.46. The topological polar surface area (TPSA) is 61.6 Å². The minimum absolute atomic E-state index is 0.114. The molecule has 1 saturated heterocycles. The molecule has 0 radical (unpaired) electrons. The van der Waals surface area contributed by atoms with Crippen LogP contribution >= 0.6 is 0 Å². The first-order chi connectivity index (χ1) is 12.5. The summed E-state index contributed by atoms with van der Waals surface area (Å²) in [5, 5.41) is 13.6. The van der Waals surface area contributed by atoms with Crippen molar-refractivity contribution in [1.29, 1.82) is 0 Å². The Morgan fingerprint density at radius 2 is 1.96 bits per heavy atom. The van der Waals surface area contributed by atoms with E-state index in [1.54, 1.807) is 16.8 Å². The molecule has 0 bridgehead atoms. The SMILES string of the molecule is CCN(CC(=O)O)C1CCN(Cc2ccn(-c3ccc(F)cc3)n2)CC1. The molecule has 7 heteroatoms. The second kappa shape index (κ2) is 8.42. The molecular weight excluding hydrogens is 335 g/mol. The van der Waals surface area contributed by atoms with Crippen LogP contribution in [0.1, 0.15) is 25.5 Å². The van der Waals surface area contributed by atoms with E-state index in [0.717, 1.165) is 50.4 Å². The van der Waals surface area contributed by atoms with Crippen LogP contribution in [-0.4, -0.2) is 62.9 Å². The Labute approximate surface area is 152 Å². The monoisotopic (exact) mass is 360 g/mol. The van der Waals surface area contributed by atoms with Gasteiger partial charge in [0.25, 0.3) is 0 Å². The number of aliphatic carboxylic acids is 1. The minimum atomic E-state index is -0.763. The van der Waals surface area contributed by atoms with Crippen LogP contribution in [0.15, 0.2) is 36.5 Å². The van der Waals surface area contributed by atoms with Gasteiger partial charge in [0.2, 0.25) is 0 Å². The maximum atomic E-state index is 13.0. The second-order valence-electron chi connectivity index (χ2n) is 6.69. The quantitative estimate of drug-likeness (QED) is 0.821. The second-order valence-corrected chi connectivity index (χ2v) is 6.69. The molecule has 2 aromatic rings. The maximum absolute atomic E-state index is 13.0. The molecule has 1 N–H and O–H groups in total. The van der Waals surface area contributed by atoms with Gasteiger partial charge >= 0.3 is 5.97 Å². The van der Waals surface area contributed by atoms with Gasteiger partial charge < -0.3 is 5.11 Å². The first-order valence-electron chi connectivity index (χ1n) is 9.04. The number of halogens is 1. The first-order valence-corrected chi connectivity index (χ1v) is 9.04. The summed E-state index contributed by atoms with van der Waals surface area (Å²) in [5.74, 6) is -1.02. The van der Waals surface area contributed by atoms with Gasteiger partial charge in [-0.05, 0) is 49.7 Å². The van der Waals surface area contributed by atoms with Gasteiger partial charge in [-0.1, -0.05) is 6.92 Å². The van der Waals surface area contributed by atoms with Crippen LogP contribution in [0.25, 0.3) is 5.69 Å². The summed E-state index contributed by atoms with van der Waals surface area (Å²) in [7, 11) is 0. The van der Waals surface area contributed by atoms with E-state index in [1.807, 2.05) is 24.1 Å². The summed E-state index contributed by atoms with van der Waals surface area (Å²) in [4.78, 5) is 15.4. The zero-order valence-electron chi connectivity index (χ0n) is 15.0. The molecule has 0 saturated carbocycles. The van der Waals surface area contributed by atoms with Crippen LogP contribution in [0.2, 0.25) is 0 Å². The minimum Gasteiger partial charge on any atom is -0.480 e. The standard InChI is InChI=1S/C19H25FN4O2/c1-2-23(14-19(25)26)17-8-10-22(11-9-17)13-16-7-12-24(21-16)18-5-3-15(20)4-6-18/h3-7,12,17H,2,8-11,13-14H2,1H3,(H,25,26). The Morgan fingerprint density at radius 3 is 2.58 bits per heavy atom. The summed E-state index contributed by atoms with van der Waals surface area (Å²) in [6, 6.07) is 8.59. The van der Waals surface area contributed by atoms with Gasteiger partial charge in [-0.3, -0.25) is 14.6 Å². The molecule has 2 heterocycles. The third-order valence-electron chi connectivity index (χ3n) is 4.94. The van der Waals surface area contributed by atoms with Gasteiger partial charge in [0, 0.05) is 31.9 Å². The molecule has 1 aromatic heterocycles. The van der Waals surface area contributed by atoms with E-state index in [0.29, 0.717) is 6.04 Å². The first kappa shape index (κ1) is 18.5. The van der Waals surface area contributed by atoms with Crippen LogP contribution in [-0.2, 0) is 11.3 Å². The van der Waals surface area contributed by atoms with E-state index in [2.05, 4.69) is 10.00 Å². The Kier molecular flexibility index (Phi) is 6.00. The van der Waals surface area contributed by atoms with Crippen molar-refractivity contribution in [1.82, 2.24) is 19.6 Å². The predicted molar refractivity (Wildman–Crippen MR) is 96.7 cm³/mol. The van der Waals surface area contributed by atoms with Crippen molar-refractivity contribution in [3.05, 3.63) is 48.0 Å². The highest BCUT2D eigenvalue weighted by molar-refractivity contribution is 5.69. The molecule has 26 heavy (non-hydrogen) atoms. The maximum Gasteiger partial charge on any atom is 0.317 e. The van der Waals surface area contributed by atoms with Gasteiger partial charge in [-0.15, -0.1) is 0 Å². The fourth-order valence-electron chi connectivity index (χ4n) is 3.53. The number of nitrogens with zero attached hydrogens (tertiary/aromatic N) is 4. The molecule has 1 fully saturated rings. The Balaban J connectivity index is 1.53.